The van der Waals surface area contributed by atoms with Gasteiger partial charge < -0.3 is 10.1 Å². The molecule has 0 spiro atoms. The van der Waals surface area contributed by atoms with Crippen molar-refractivity contribution in [2.24, 2.45) is 4.99 Å². The summed E-state index contributed by atoms with van der Waals surface area (Å²) in [5.74, 6) is -0.393. The average molecular weight is 445 g/mol. The minimum atomic E-state index is -0.689. The zero-order chi connectivity index (χ0) is 23.5. The van der Waals surface area contributed by atoms with Crippen LogP contribution in [-0.2, 0) is 6.42 Å². The second-order valence-corrected chi connectivity index (χ2v) is 8.18. The van der Waals surface area contributed by atoms with E-state index >= 15 is 0 Å². The molecule has 0 saturated carbocycles. The summed E-state index contributed by atoms with van der Waals surface area (Å²) in [6.45, 7) is 5.87. The van der Waals surface area contributed by atoms with Crippen molar-refractivity contribution in [2.45, 2.75) is 46.1 Å². The smallest absolute Gasteiger partial charge is 0.335 e. The number of benzene rings is 2. The first-order valence-electron chi connectivity index (χ1n) is 11.2. The zero-order valence-electron chi connectivity index (χ0n) is 19.1. The van der Waals surface area contributed by atoms with E-state index in [4.69, 9.17) is 4.99 Å². The Bertz CT molecular complexity index is 1420. The van der Waals surface area contributed by atoms with Gasteiger partial charge in [0.05, 0.1) is 17.4 Å². The molecule has 7 nitrogen and oxygen atoms in total. The number of nitrogens with one attached hydrogen (secondary N) is 2. The van der Waals surface area contributed by atoms with Gasteiger partial charge in [0, 0.05) is 17.1 Å². The molecule has 0 saturated heterocycles. The standard InChI is InChI=1S/C26H28N4O3/c1-4-18(14-17-15-27-22-9-7-6-8-20(17)22)28-21(5-2)23-24(31)29-26(33)30(25(23)32)19-12-10-16(3)11-13-19/h6-13,15,18,27,32H,4-5,14H2,1-3H3,(H,29,31,33). The summed E-state index contributed by atoms with van der Waals surface area (Å²) in [6.07, 6.45) is 3.89. The van der Waals surface area contributed by atoms with Gasteiger partial charge in [-0.3, -0.25) is 14.8 Å². The van der Waals surface area contributed by atoms with E-state index in [2.05, 4.69) is 16.0 Å². The predicted molar refractivity (Wildman–Crippen MR) is 132 cm³/mol. The van der Waals surface area contributed by atoms with Crippen LogP contribution in [0.5, 0.6) is 5.88 Å². The minimum Gasteiger partial charge on any atom is -0.493 e. The van der Waals surface area contributed by atoms with E-state index in [1.807, 2.05) is 57.3 Å². The molecule has 7 heteroatoms. The molecule has 1 unspecified atom stereocenters. The Labute approximate surface area is 191 Å². The number of aromatic amines is 2. The molecule has 1 atom stereocenters. The molecule has 3 N–H and O–H groups in total. The highest BCUT2D eigenvalue weighted by Crippen LogP contribution is 2.23. The molecular formula is C26H28N4O3. The van der Waals surface area contributed by atoms with Crippen LogP contribution in [0.4, 0.5) is 0 Å². The molecule has 0 bridgehead atoms. The fourth-order valence-electron chi connectivity index (χ4n) is 4.11. The lowest BCUT2D eigenvalue weighted by Gasteiger charge is -2.15. The Hall–Kier alpha value is -3.87. The van der Waals surface area contributed by atoms with Crippen LogP contribution in [0.3, 0.4) is 0 Å². The average Bonchev–Trinajstić information content (AvgIpc) is 3.21. The summed E-state index contributed by atoms with van der Waals surface area (Å²) in [5.41, 5.74) is 2.91. The first-order valence-corrected chi connectivity index (χ1v) is 11.2. The highest BCUT2D eigenvalue weighted by atomic mass is 16.3. The molecule has 170 valence electrons. The fourth-order valence-corrected chi connectivity index (χ4v) is 4.11. The van der Waals surface area contributed by atoms with Crippen molar-refractivity contribution in [2.75, 3.05) is 0 Å². The van der Waals surface area contributed by atoms with Gasteiger partial charge in [0.2, 0.25) is 5.88 Å². The van der Waals surface area contributed by atoms with Gasteiger partial charge in [-0.15, -0.1) is 0 Å². The van der Waals surface area contributed by atoms with E-state index in [1.165, 1.54) is 0 Å². The van der Waals surface area contributed by atoms with Gasteiger partial charge in [0.25, 0.3) is 5.56 Å². The van der Waals surface area contributed by atoms with Crippen LogP contribution in [0.2, 0.25) is 0 Å². The molecule has 33 heavy (non-hydrogen) atoms. The van der Waals surface area contributed by atoms with E-state index in [0.717, 1.165) is 33.0 Å². The Morgan fingerprint density at radius 3 is 2.52 bits per heavy atom. The summed E-state index contributed by atoms with van der Waals surface area (Å²) in [6, 6.07) is 15.2. The Balaban J connectivity index is 1.77. The van der Waals surface area contributed by atoms with E-state index in [-0.39, 0.29) is 11.6 Å². The number of nitrogens with zero attached hydrogens (tertiary/aromatic N) is 2. The number of fused-ring (bicyclic) bond motifs is 1. The van der Waals surface area contributed by atoms with Gasteiger partial charge in [-0.2, -0.15) is 0 Å². The number of aryl methyl sites for hydroxylation is 1. The molecule has 2 heterocycles. The fraction of sp³-hybridized carbons (Fsp3) is 0.269. The molecule has 0 radical (unpaired) electrons. The van der Waals surface area contributed by atoms with Gasteiger partial charge >= 0.3 is 5.69 Å². The lowest BCUT2D eigenvalue weighted by Crippen LogP contribution is -2.33. The largest absolute Gasteiger partial charge is 0.493 e. The van der Waals surface area contributed by atoms with Crippen molar-refractivity contribution >= 4 is 16.6 Å². The van der Waals surface area contributed by atoms with Crippen molar-refractivity contribution in [1.29, 1.82) is 0 Å². The van der Waals surface area contributed by atoms with Crippen molar-refractivity contribution < 1.29 is 5.11 Å². The second kappa shape index (κ2) is 9.32. The molecule has 2 aromatic heterocycles. The third kappa shape index (κ3) is 4.39. The first kappa shape index (κ1) is 22.3. The third-order valence-corrected chi connectivity index (χ3v) is 5.94. The molecule has 2 aromatic carbocycles. The molecular weight excluding hydrogens is 416 g/mol. The van der Waals surface area contributed by atoms with E-state index in [9.17, 15) is 14.7 Å². The van der Waals surface area contributed by atoms with Gasteiger partial charge in [0.1, 0.15) is 5.56 Å². The van der Waals surface area contributed by atoms with Gasteiger partial charge in [-0.1, -0.05) is 49.7 Å². The zero-order valence-corrected chi connectivity index (χ0v) is 19.1. The Morgan fingerprint density at radius 2 is 1.82 bits per heavy atom. The van der Waals surface area contributed by atoms with Crippen molar-refractivity contribution in [3.63, 3.8) is 0 Å². The molecule has 0 amide bonds. The number of hydrogen-bond acceptors (Lipinski definition) is 4. The topological polar surface area (TPSA) is 103 Å². The van der Waals surface area contributed by atoms with Crippen molar-refractivity contribution in [3.8, 4) is 11.6 Å². The van der Waals surface area contributed by atoms with E-state index < -0.39 is 17.1 Å². The number of hydrogen-bond donors (Lipinski definition) is 3. The summed E-state index contributed by atoms with van der Waals surface area (Å²) in [7, 11) is 0. The Kier molecular flexibility index (Phi) is 6.31. The van der Waals surface area contributed by atoms with Crippen LogP contribution in [0, 0.1) is 6.92 Å². The number of aromatic hydroxyl groups is 1. The first-order chi connectivity index (χ1) is 15.9. The monoisotopic (exact) mass is 444 g/mol. The number of para-hydroxylation sites is 1. The van der Waals surface area contributed by atoms with Crippen molar-refractivity contribution in [3.05, 3.63) is 92.3 Å². The van der Waals surface area contributed by atoms with Crippen LogP contribution >= 0.6 is 0 Å². The summed E-state index contributed by atoms with van der Waals surface area (Å²) in [5, 5.41) is 12.2. The maximum Gasteiger partial charge on any atom is 0.335 e. The maximum absolute atomic E-state index is 12.7. The highest BCUT2D eigenvalue weighted by molar-refractivity contribution is 6.02. The van der Waals surface area contributed by atoms with Crippen LogP contribution < -0.4 is 11.2 Å². The lowest BCUT2D eigenvalue weighted by atomic mass is 10.0. The number of H-pyrrole nitrogens is 2. The van der Waals surface area contributed by atoms with Crippen molar-refractivity contribution in [1.82, 2.24) is 14.5 Å². The number of aliphatic imine (C=N–C) groups is 1. The van der Waals surface area contributed by atoms with E-state index in [0.29, 0.717) is 24.2 Å². The molecule has 0 fully saturated rings. The maximum atomic E-state index is 12.7. The van der Waals surface area contributed by atoms with Crippen LogP contribution in [0.1, 0.15) is 43.4 Å². The molecule has 0 aliphatic carbocycles. The molecule has 4 aromatic rings. The SMILES string of the molecule is CCC(=NC(CC)Cc1c[nH]c2ccccc12)c1c(O)n(-c2ccc(C)cc2)c(=O)[nH]c1=O. The molecule has 4 rings (SSSR count). The second-order valence-electron chi connectivity index (χ2n) is 8.18. The number of rotatable bonds is 7. The summed E-state index contributed by atoms with van der Waals surface area (Å²) in [4.78, 5) is 35.8. The van der Waals surface area contributed by atoms with Gasteiger partial charge in [-0.25, -0.2) is 9.36 Å². The van der Waals surface area contributed by atoms with Crippen LogP contribution in [0.25, 0.3) is 16.6 Å². The molecule has 0 aliphatic heterocycles. The quantitative estimate of drug-likeness (QED) is 0.371. The predicted octanol–water partition coefficient (Wildman–Crippen LogP) is 4.24. The van der Waals surface area contributed by atoms with Gasteiger partial charge in [0.15, 0.2) is 0 Å². The van der Waals surface area contributed by atoms with Gasteiger partial charge in [-0.05, 0) is 49.9 Å². The summed E-state index contributed by atoms with van der Waals surface area (Å²) < 4.78 is 1.11. The summed E-state index contributed by atoms with van der Waals surface area (Å²) >= 11 is 0. The van der Waals surface area contributed by atoms with E-state index in [1.54, 1.807) is 12.1 Å². The highest BCUT2D eigenvalue weighted by Gasteiger charge is 2.21. The van der Waals surface area contributed by atoms with Crippen LogP contribution in [-0.4, -0.2) is 31.4 Å². The van der Waals surface area contributed by atoms with Crippen LogP contribution in [0.15, 0.2) is 69.3 Å². The Morgan fingerprint density at radius 1 is 1.09 bits per heavy atom. The lowest BCUT2D eigenvalue weighted by molar-refractivity contribution is 0.429. The third-order valence-electron chi connectivity index (χ3n) is 5.94. The minimum absolute atomic E-state index is 0.0371. The number of aromatic nitrogens is 3. The normalized spacial score (nSPS) is 12.9. The molecule has 0 aliphatic rings.